The first-order valence-electron chi connectivity index (χ1n) is 30.3. The summed E-state index contributed by atoms with van der Waals surface area (Å²) in [6, 6.07) is 51.9. The lowest BCUT2D eigenvalue weighted by molar-refractivity contribution is -0.141. The molecule has 518 valence electrons. The van der Waals surface area contributed by atoms with Crippen LogP contribution in [0.15, 0.2) is 245 Å². The van der Waals surface area contributed by atoms with E-state index in [0.29, 0.717) is 56.6 Å². The Morgan fingerprint density at radius 3 is 1.62 bits per heavy atom. The molecule has 0 aliphatic carbocycles. The van der Waals surface area contributed by atoms with Crippen LogP contribution in [0, 0.1) is 18.6 Å². The Balaban J connectivity index is 0.000000138. The van der Waals surface area contributed by atoms with E-state index in [9.17, 15) is 27.1 Å². The van der Waals surface area contributed by atoms with Crippen LogP contribution in [-0.2, 0) is 12.6 Å². The summed E-state index contributed by atoms with van der Waals surface area (Å²) in [5.74, 6) is 1.50. The van der Waals surface area contributed by atoms with Crippen molar-refractivity contribution in [3.05, 3.63) is 280 Å². The fourth-order valence-corrected chi connectivity index (χ4v) is 12.3. The van der Waals surface area contributed by atoms with Crippen molar-refractivity contribution in [1.82, 2.24) is 54.8 Å². The number of pyridine rings is 3. The molecule has 103 heavy (non-hydrogen) atoms. The van der Waals surface area contributed by atoms with E-state index in [4.69, 9.17) is 68.3 Å². The van der Waals surface area contributed by atoms with Crippen LogP contribution in [0.3, 0.4) is 0 Å². The van der Waals surface area contributed by atoms with Crippen LogP contribution in [0.25, 0.3) is 21.5 Å². The zero-order valence-electron chi connectivity index (χ0n) is 53.3. The summed E-state index contributed by atoms with van der Waals surface area (Å²) in [6.07, 6.45) is 7.03. The van der Waals surface area contributed by atoms with Crippen LogP contribution in [0.5, 0.6) is 17.2 Å². The Hall–Kier alpha value is -11.5. The number of anilines is 11. The maximum absolute atomic E-state index is 14.6. The smallest absolute Gasteiger partial charge is 0.433 e. The Bertz CT molecular complexity index is 5210. The number of aromatic nitrogens is 11. The predicted octanol–water partition coefficient (Wildman–Crippen LogP) is 19.7. The van der Waals surface area contributed by atoms with E-state index < -0.39 is 23.5 Å². The Morgan fingerprint density at radius 1 is 0.466 bits per heavy atom. The van der Waals surface area contributed by atoms with Crippen LogP contribution in [0.2, 0.25) is 20.4 Å². The average molecular weight is 1500 g/mol. The number of fused-ring (bicyclic) bond motifs is 2. The second kappa shape index (κ2) is 33.8. The minimum absolute atomic E-state index is 0.0240. The highest BCUT2D eigenvalue weighted by Crippen LogP contribution is 2.42. The quantitative estimate of drug-likeness (QED) is 0.0329. The van der Waals surface area contributed by atoms with Gasteiger partial charge in [0.25, 0.3) is 0 Å². The predicted molar refractivity (Wildman–Crippen MR) is 397 cm³/mol. The maximum Gasteiger partial charge on any atom is 0.433 e. The van der Waals surface area contributed by atoms with Gasteiger partial charge in [-0.3, -0.25) is 15.0 Å². The van der Waals surface area contributed by atoms with Gasteiger partial charge in [0.2, 0.25) is 23.8 Å². The largest absolute Gasteiger partial charge is 0.508 e. The number of ether oxygens (including phenoxy) is 1. The van der Waals surface area contributed by atoms with Crippen LogP contribution >= 0.6 is 69.9 Å². The van der Waals surface area contributed by atoms with Gasteiger partial charge in [0.15, 0.2) is 11.6 Å². The SMILES string of the molecule is Cc1cc(Nc2ccc(Sc3ccc(O)cc3)cc2)nc(N)n1.Fc1cc(Nc2nccc(C(F)(F)F)n2)ccc1Cc1cccc2cnccc12.Nc1nc(Cl)cc(Nc2cc(Cl)c(Sc3ccncc3)c(Cl)c2)n1.Nc1nc(Cl)cc(Nc2ccc(Oc3cccc4cnccc34)c(F)c2)n1. The molecule has 14 aromatic rings. The molecule has 0 saturated heterocycles. The van der Waals surface area contributed by atoms with Crippen molar-refractivity contribution < 1.29 is 31.8 Å². The van der Waals surface area contributed by atoms with E-state index in [1.807, 2.05) is 104 Å². The van der Waals surface area contributed by atoms with E-state index in [1.54, 1.807) is 104 Å². The minimum Gasteiger partial charge on any atom is -0.508 e. The van der Waals surface area contributed by atoms with Crippen LogP contribution in [-0.4, -0.2) is 59.9 Å². The van der Waals surface area contributed by atoms with Gasteiger partial charge < -0.3 is 48.3 Å². The van der Waals surface area contributed by atoms with Crippen molar-refractivity contribution in [2.24, 2.45) is 0 Å². The molecular formula is C72H53Cl4F5N18O2S2. The molecule has 0 atom stereocenters. The van der Waals surface area contributed by atoms with Gasteiger partial charge >= 0.3 is 6.18 Å². The number of nitrogens with zero attached hydrogens (tertiary/aromatic N) is 11. The van der Waals surface area contributed by atoms with Gasteiger partial charge in [-0.15, -0.1) is 0 Å². The highest BCUT2D eigenvalue weighted by atomic mass is 35.5. The normalized spacial score (nSPS) is 10.9. The van der Waals surface area contributed by atoms with E-state index in [-0.39, 0.29) is 51.3 Å². The molecular weight excluding hydrogens is 1450 g/mol. The molecule has 0 bridgehead atoms. The highest BCUT2D eigenvalue weighted by molar-refractivity contribution is 7.99. The number of benzene rings is 7. The molecule has 0 unspecified atom stereocenters. The summed E-state index contributed by atoms with van der Waals surface area (Å²) in [5, 5.41) is 26.3. The van der Waals surface area contributed by atoms with Gasteiger partial charge in [-0.25, -0.2) is 33.7 Å². The van der Waals surface area contributed by atoms with Gasteiger partial charge in [-0.2, -0.15) is 28.1 Å². The number of hydrogen-bond donors (Lipinski definition) is 8. The number of phenols is 1. The standard InChI is InChI=1S/C21H14F4N4.C19H13ClFN5O.C17H16N4OS.C15H10Cl3N5S/c22-18-11-16(28-20-27-9-7-19(29-20)21(23,24)25)5-4-14(18)10-13-2-1-3-15-12-26-8-6-17(13)15;20-17-9-18(26-19(22)25-17)24-12-4-5-16(14(21)8-12)27-15-3-1-2-11-10-23-7-6-13(11)15;1-11-10-16(21-17(18)19-11)20-12-2-6-14(7-3-12)23-15-8-4-13(22)5-9-15;16-10-5-8(21-13-7-12(18)22-15(19)23-13)6-11(17)14(10)24-9-1-3-20-4-2-9/h1-9,11-12H,10H2,(H,27,28,29);1-10H,(H3,22,24,25,26);2-10,22H,1H3,(H3,18,19,20,21);1-7H,(H3,19,21,22,23). The summed E-state index contributed by atoms with van der Waals surface area (Å²) in [5.41, 5.74) is 20.3. The van der Waals surface area contributed by atoms with Gasteiger partial charge in [0, 0.05) is 138 Å². The summed E-state index contributed by atoms with van der Waals surface area (Å²) < 4.78 is 73.2. The van der Waals surface area contributed by atoms with E-state index in [1.165, 1.54) is 36.0 Å². The molecule has 0 amide bonds. The fraction of sp³-hybridized carbons (Fsp3) is 0.0417. The van der Waals surface area contributed by atoms with Crippen LogP contribution in [0.1, 0.15) is 22.5 Å². The lowest BCUT2D eigenvalue weighted by Crippen LogP contribution is -2.10. The summed E-state index contributed by atoms with van der Waals surface area (Å²) >= 11 is 27.5. The van der Waals surface area contributed by atoms with E-state index in [0.717, 1.165) is 70.3 Å². The van der Waals surface area contributed by atoms with Gasteiger partial charge in [0.05, 0.1) is 10.0 Å². The van der Waals surface area contributed by atoms with Crippen molar-refractivity contribution in [1.29, 1.82) is 0 Å². The number of aromatic hydroxyl groups is 1. The molecule has 0 aliphatic rings. The molecule has 0 spiro atoms. The monoisotopic (exact) mass is 1500 g/mol. The maximum atomic E-state index is 14.6. The first kappa shape index (κ1) is 72.8. The molecule has 14 rings (SSSR count). The van der Waals surface area contributed by atoms with Gasteiger partial charge in [-0.1, -0.05) is 106 Å². The topological polar surface area (TPSA) is 297 Å². The van der Waals surface area contributed by atoms with Crippen LogP contribution in [0.4, 0.5) is 85.9 Å². The second-order valence-electron chi connectivity index (χ2n) is 21.7. The van der Waals surface area contributed by atoms with Crippen LogP contribution < -0.4 is 43.2 Å². The Labute approximate surface area is 612 Å². The number of nitrogens with two attached hydrogens (primary N) is 3. The average Bonchev–Trinajstić information content (AvgIpc) is 0.794. The lowest BCUT2D eigenvalue weighted by Gasteiger charge is -2.11. The van der Waals surface area contributed by atoms with E-state index in [2.05, 4.69) is 76.1 Å². The molecule has 0 aliphatic heterocycles. The molecule has 0 radical (unpaired) electrons. The highest BCUT2D eigenvalue weighted by Gasteiger charge is 2.33. The van der Waals surface area contributed by atoms with Gasteiger partial charge in [-0.05, 0) is 145 Å². The molecule has 0 fully saturated rings. The first-order valence-corrected chi connectivity index (χ1v) is 33.5. The summed E-state index contributed by atoms with van der Waals surface area (Å²) in [4.78, 5) is 47.1. The van der Waals surface area contributed by atoms with Crippen molar-refractivity contribution in [3.8, 4) is 17.2 Å². The minimum atomic E-state index is -4.58. The Kier molecular flexibility index (Phi) is 23.9. The molecule has 31 heteroatoms. The third-order valence-electron chi connectivity index (χ3n) is 14.1. The molecule has 7 aromatic carbocycles. The van der Waals surface area contributed by atoms with Crippen molar-refractivity contribution in [3.63, 3.8) is 0 Å². The summed E-state index contributed by atoms with van der Waals surface area (Å²) in [7, 11) is 0. The van der Waals surface area contributed by atoms with Crippen molar-refractivity contribution in [2.75, 3.05) is 38.5 Å². The number of hydrogen-bond acceptors (Lipinski definition) is 22. The fourth-order valence-electron chi connectivity index (χ4n) is 9.59. The third kappa shape index (κ3) is 20.8. The van der Waals surface area contributed by atoms with Gasteiger partial charge in [0.1, 0.15) is 50.8 Å². The zero-order chi connectivity index (χ0) is 72.6. The third-order valence-corrected chi connectivity index (χ3v) is 17.5. The number of phenolic OH excluding ortho intramolecular Hbond substituents is 1. The first-order chi connectivity index (χ1) is 49.6. The van der Waals surface area contributed by atoms with E-state index >= 15 is 0 Å². The zero-order valence-corrected chi connectivity index (χ0v) is 58.0. The number of nitrogen functional groups attached to an aromatic ring is 3. The number of nitrogens with one attached hydrogen (secondary N) is 4. The molecule has 7 aromatic heterocycles. The lowest BCUT2D eigenvalue weighted by atomic mass is 9.99. The summed E-state index contributed by atoms with van der Waals surface area (Å²) in [6.45, 7) is 1.88. The second-order valence-corrected chi connectivity index (χ2v) is 25.5. The number of aryl methyl sites for hydroxylation is 1. The number of rotatable bonds is 16. The Morgan fingerprint density at radius 2 is 1.00 bits per heavy atom. The molecule has 0 saturated carbocycles. The molecule has 11 N–H and O–H groups in total. The van der Waals surface area contributed by atoms with Crippen molar-refractivity contribution in [2.45, 2.75) is 39.1 Å². The van der Waals surface area contributed by atoms with Crippen molar-refractivity contribution >= 4 is 155 Å². The number of alkyl halides is 3. The molecule has 20 nitrogen and oxygen atoms in total. The number of halogens is 9. The molecule has 7 heterocycles.